The van der Waals surface area contributed by atoms with Crippen molar-refractivity contribution in [3.05, 3.63) is 94.9 Å². The van der Waals surface area contributed by atoms with Gasteiger partial charge in [-0.3, -0.25) is 14.5 Å². The number of amides is 2. The molecule has 2 aromatic carbocycles. The number of imide groups is 1. The number of furan rings is 1. The molecule has 1 fully saturated rings. The van der Waals surface area contributed by atoms with E-state index in [1.54, 1.807) is 12.3 Å². The predicted octanol–water partition coefficient (Wildman–Crippen LogP) is 3.85. The van der Waals surface area contributed by atoms with Crippen molar-refractivity contribution in [3.63, 3.8) is 0 Å². The first-order chi connectivity index (χ1) is 13.6. The van der Waals surface area contributed by atoms with Crippen molar-refractivity contribution in [3.8, 4) is 0 Å². The highest BCUT2D eigenvalue weighted by atomic mass is 16.3. The lowest BCUT2D eigenvalue weighted by Crippen LogP contribution is -2.51. The molecular weight excluding hydrogens is 350 g/mol. The van der Waals surface area contributed by atoms with Crippen LogP contribution in [0.5, 0.6) is 0 Å². The molecule has 3 aliphatic carbocycles. The molecule has 7 rings (SSSR count). The Kier molecular flexibility index (Phi) is 2.96. The molecule has 1 aliphatic heterocycles. The van der Waals surface area contributed by atoms with E-state index < -0.39 is 5.41 Å². The maximum atomic E-state index is 13.6. The first-order valence-electron chi connectivity index (χ1n) is 9.69. The Morgan fingerprint density at radius 2 is 1.54 bits per heavy atom. The zero-order chi connectivity index (χ0) is 19.0. The molecule has 28 heavy (non-hydrogen) atoms. The zero-order valence-electron chi connectivity index (χ0n) is 15.5. The monoisotopic (exact) mass is 369 g/mol. The summed E-state index contributed by atoms with van der Waals surface area (Å²) >= 11 is 0. The average molecular weight is 369 g/mol. The van der Waals surface area contributed by atoms with E-state index in [0.717, 1.165) is 0 Å². The Balaban J connectivity index is 1.58. The summed E-state index contributed by atoms with van der Waals surface area (Å²) in [6.07, 6.45) is 1.57. The van der Waals surface area contributed by atoms with Gasteiger partial charge in [0, 0.05) is 11.3 Å². The minimum atomic E-state index is -0.503. The summed E-state index contributed by atoms with van der Waals surface area (Å²) < 4.78 is 5.42. The van der Waals surface area contributed by atoms with E-state index >= 15 is 0 Å². The van der Waals surface area contributed by atoms with Crippen LogP contribution in [-0.4, -0.2) is 16.7 Å². The second-order valence-electron chi connectivity index (χ2n) is 8.20. The van der Waals surface area contributed by atoms with Crippen LogP contribution in [0.25, 0.3) is 0 Å². The molecule has 0 N–H and O–H groups in total. The van der Waals surface area contributed by atoms with Crippen LogP contribution in [0.3, 0.4) is 0 Å². The van der Waals surface area contributed by atoms with E-state index in [4.69, 9.17) is 4.42 Å². The quantitative estimate of drug-likeness (QED) is 0.645. The summed E-state index contributed by atoms with van der Waals surface area (Å²) in [4.78, 5) is 28.5. The predicted molar refractivity (Wildman–Crippen MR) is 102 cm³/mol. The van der Waals surface area contributed by atoms with Crippen molar-refractivity contribution in [2.75, 3.05) is 0 Å². The van der Waals surface area contributed by atoms with Gasteiger partial charge in [-0.25, -0.2) is 0 Å². The van der Waals surface area contributed by atoms with Crippen molar-refractivity contribution in [2.45, 2.75) is 24.8 Å². The van der Waals surface area contributed by atoms with E-state index in [0.29, 0.717) is 5.76 Å². The van der Waals surface area contributed by atoms with Crippen molar-refractivity contribution in [1.29, 1.82) is 0 Å². The van der Waals surface area contributed by atoms with Gasteiger partial charge in [-0.05, 0) is 34.4 Å². The fourth-order valence-electron chi connectivity index (χ4n) is 5.92. The van der Waals surface area contributed by atoms with Crippen LogP contribution in [0, 0.1) is 11.8 Å². The minimum Gasteiger partial charge on any atom is -0.467 e. The zero-order valence-corrected chi connectivity index (χ0v) is 15.5. The maximum absolute atomic E-state index is 13.6. The lowest BCUT2D eigenvalue weighted by atomic mass is 9.48. The number of likely N-dealkylation sites (tertiary alicyclic amines) is 1. The van der Waals surface area contributed by atoms with Crippen LogP contribution in [0.15, 0.2) is 71.3 Å². The van der Waals surface area contributed by atoms with Gasteiger partial charge in [-0.2, -0.15) is 0 Å². The minimum absolute atomic E-state index is 0.0720. The van der Waals surface area contributed by atoms with Crippen molar-refractivity contribution >= 4 is 11.8 Å². The third kappa shape index (κ3) is 1.71. The van der Waals surface area contributed by atoms with Crippen molar-refractivity contribution < 1.29 is 14.0 Å². The van der Waals surface area contributed by atoms with Crippen LogP contribution in [0.4, 0.5) is 0 Å². The second kappa shape index (κ2) is 5.22. The number of carbonyl (C=O) groups excluding carboxylic acids is 2. The Labute approximate surface area is 162 Å². The Bertz CT molecular complexity index is 1080. The Hall–Kier alpha value is -3.14. The normalized spacial score (nSPS) is 29.6. The largest absolute Gasteiger partial charge is 0.467 e. The van der Waals surface area contributed by atoms with Gasteiger partial charge in [0.05, 0.1) is 24.6 Å². The van der Waals surface area contributed by atoms with Crippen LogP contribution in [-0.2, 0) is 21.5 Å². The van der Waals surface area contributed by atoms with Crippen LogP contribution in [0.1, 0.15) is 40.9 Å². The van der Waals surface area contributed by atoms with Crippen LogP contribution in [0.2, 0.25) is 0 Å². The number of hydrogen-bond donors (Lipinski definition) is 0. The second-order valence-corrected chi connectivity index (χ2v) is 8.20. The van der Waals surface area contributed by atoms with Gasteiger partial charge in [0.15, 0.2) is 0 Å². The SMILES string of the molecule is CC12c3ccccc3C(c3ccccc31)[C@@H]1C(=O)N(Cc3ccco3)C(=O)[C@H]12. The first kappa shape index (κ1) is 15.9. The van der Waals surface area contributed by atoms with Crippen LogP contribution >= 0.6 is 0 Å². The number of benzene rings is 2. The van der Waals surface area contributed by atoms with Crippen molar-refractivity contribution in [2.24, 2.45) is 11.8 Å². The lowest BCUT2D eigenvalue weighted by molar-refractivity contribution is -0.141. The highest BCUT2D eigenvalue weighted by molar-refractivity contribution is 6.08. The molecule has 2 bridgehead atoms. The van der Waals surface area contributed by atoms with Gasteiger partial charge in [0.25, 0.3) is 0 Å². The molecule has 2 heterocycles. The smallest absolute Gasteiger partial charge is 0.234 e. The Morgan fingerprint density at radius 3 is 2.14 bits per heavy atom. The summed E-state index contributed by atoms with van der Waals surface area (Å²) in [5, 5.41) is 0. The molecule has 0 saturated carbocycles. The standard InChI is InChI=1S/C24H19NO3/c1-24-17-10-4-2-8-15(17)19(16-9-3-5-11-18(16)24)20-21(24)23(27)25(22(20)26)13-14-7-6-12-28-14/h2-12,19-21H,13H2,1H3/t19?,20-,21-,24?/m0/s1. The number of rotatable bonds is 2. The molecule has 4 aliphatic rings. The molecule has 0 radical (unpaired) electrons. The molecule has 2 amide bonds. The van der Waals surface area contributed by atoms with Gasteiger partial charge in [-0.15, -0.1) is 0 Å². The van der Waals surface area contributed by atoms with Gasteiger partial charge >= 0.3 is 0 Å². The molecule has 3 aromatic rings. The molecule has 1 aromatic heterocycles. The first-order valence-corrected chi connectivity index (χ1v) is 9.69. The van der Waals surface area contributed by atoms with E-state index in [2.05, 4.69) is 31.2 Å². The lowest BCUT2D eigenvalue weighted by Gasteiger charge is -2.52. The van der Waals surface area contributed by atoms with Gasteiger partial charge in [0.2, 0.25) is 11.8 Å². The van der Waals surface area contributed by atoms with E-state index in [9.17, 15) is 9.59 Å². The third-order valence-corrected chi connectivity index (χ3v) is 7.03. The summed E-state index contributed by atoms with van der Waals surface area (Å²) in [7, 11) is 0. The fraction of sp³-hybridized carbons (Fsp3) is 0.250. The van der Waals surface area contributed by atoms with Crippen molar-refractivity contribution in [1.82, 2.24) is 4.90 Å². The molecule has 2 atom stereocenters. The van der Waals surface area contributed by atoms with Gasteiger partial charge in [-0.1, -0.05) is 55.5 Å². The molecule has 0 unspecified atom stereocenters. The van der Waals surface area contributed by atoms with E-state index in [-0.39, 0.29) is 36.1 Å². The van der Waals surface area contributed by atoms with Gasteiger partial charge in [0.1, 0.15) is 5.76 Å². The highest BCUT2D eigenvalue weighted by Crippen LogP contribution is 2.63. The molecule has 4 heteroatoms. The number of carbonyl (C=O) groups is 2. The summed E-state index contributed by atoms with van der Waals surface area (Å²) in [6.45, 7) is 2.34. The number of hydrogen-bond acceptors (Lipinski definition) is 3. The summed E-state index contributed by atoms with van der Waals surface area (Å²) in [6, 6.07) is 20.2. The van der Waals surface area contributed by atoms with Gasteiger partial charge < -0.3 is 4.42 Å². The topological polar surface area (TPSA) is 50.5 Å². The molecular formula is C24H19NO3. The fourth-order valence-corrected chi connectivity index (χ4v) is 5.92. The number of nitrogens with zero attached hydrogens (tertiary/aromatic N) is 1. The maximum Gasteiger partial charge on any atom is 0.234 e. The van der Waals surface area contributed by atoms with Crippen LogP contribution < -0.4 is 0 Å². The molecule has 138 valence electrons. The molecule has 4 nitrogen and oxygen atoms in total. The summed E-state index contributed by atoms with van der Waals surface area (Å²) in [5.74, 6) is -0.318. The molecule has 0 spiro atoms. The average Bonchev–Trinajstić information content (AvgIpc) is 3.32. The molecule has 1 saturated heterocycles. The summed E-state index contributed by atoms with van der Waals surface area (Å²) in [5.41, 5.74) is 4.23. The van der Waals surface area contributed by atoms with E-state index in [1.807, 2.05) is 30.3 Å². The Morgan fingerprint density at radius 1 is 0.893 bits per heavy atom. The third-order valence-electron chi connectivity index (χ3n) is 7.03. The highest BCUT2D eigenvalue weighted by Gasteiger charge is 2.66. The van der Waals surface area contributed by atoms with E-state index in [1.165, 1.54) is 27.2 Å².